The average Bonchev–Trinajstić information content (AvgIpc) is 2.70. The zero-order valence-electron chi connectivity index (χ0n) is 15.2. The molecule has 29 heavy (non-hydrogen) atoms. The van der Waals surface area contributed by atoms with Gasteiger partial charge in [-0.05, 0) is 48.2 Å². The monoisotopic (exact) mass is 419 g/mol. The van der Waals surface area contributed by atoms with Crippen molar-refractivity contribution in [1.82, 2.24) is 9.97 Å². The van der Waals surface area contributed by atoms with Gasteiger partial charge in [0.05, 0.1) is 17.4 Å². The fourth-order valence-corrected chi connectivity index (χ4v) is 3.76. The summed E-state index contributed by atoms with van der Waals surface area (Å²) >= 11 is 6.30. The van der Waals surface area contributed by atoms with E-state index in [-0.39, 0.29) is 0 Å². The highest BCUT2D eigenvalue weighted by Crippen LogP contribution is 2.35. The number of alkyl halides is 3. The van der Waals surface area contributed by atoms with Crippen molar-refractivity contribution in [1.29, 1.82) is 0 Å². The quantitative estimate of drug-likeness (QED) is 0.596. The summed E-state index contributed by atoms with van der Waals surface area (Å²) in [5, 5.41) is 13.9. The molecule has 0 saturated heterocycles. The van der Waals surface area contributed by atoms with Crippen LogP contribution in [0.2, 0.25) is 5.02 Å². The summed E-state index contributed by atoms with van der Waals surface area (Å²) in [6.45, 7) is 0. The summed E-state index contributed by atoms with van der Waals surface area (Å²) in [4.78, 5) is 8.37. The van der Waals surface area contributed by atoms with Crippen LogP contribution >= 0.6 is 11.6 Å². The Balaban J connectivity index is 1.62. The Hall–Kier alpha value is -2.64. The maximum absolute atomic E-state index is 12.8. The largest absolute Gasteiger partial charge is 0.416 e. The lowest BCUT2D eigenvalue weighted by Crippen LogP contribution is -2.20. The lowest BCUT2D eigenvalue weighted by molar-refractivity contribution is -0.137. The highest BCUT2D eigenvalue weighted by molar-refractivity contribution is 6.31. The Morgan fingerprint density at radius 1 is 1.03 bits per heavy atom. The van der Waals surface area contributed by atoms with Crippen LogP contribution in [-0.2, 0) is 19.0 Å². The molecule has 2 aromatic carbocycles. The average molecular weight is 420 g/mol. The van der Waals surface area contributed by atoms with Crippen LogP contribution in [0.3, 0.4) is 0 Å². The summed E-state index contributed by atoms with van der Waals surface area (Å²) in [5.41, 5.74) is 3.10. The normalized spacial score (nSPS) is 16.4. The molecule has 4 rings (SSSR count). The van der Waals surface area contributed by atoms with Gasteiger partial charge in [0.2, 0.25) is 0 Å². The van der Waals surface area contributed by atoms with Gasteiger partial charge in [0, 0.05) is 28.8 Å². The molecule has 0 saturated carbocycles. The molecule has 4 nitrogen and oxygen atoms in total. The minimum atomic E-state index is -4.38. The molecule has 0 aliphatic heterocycles. The number of nitrogens with one attached hydrogen (secondary N) is 1. The lowest BCUT2D eigenvalue weighted by Gasteiger charge is -2.24. The van der Waals surface area contributed by atoms with Crippen molar-refractivity contribution in [3.8, 4) is 11.3 Å². The van der Waals surface area contributed by atoms with Gasteiger partial charge in [0.15, 0.2) is 0 Å². The van der Waals surface area contributed by atoms with Crippen molar-refractivity contribution in [3.05, 3.63) is 70.5 Å². The van der Waals surface area contributed by atoms with E-state index in [1.165, 1.54) is 18.5 Å². The van der Waals surface area contributed by atoms with Gasteiger partial charge in [-0.15, -0.1) is 0 Å². The van der Waals surface area contributed by atoms with Gasteiger partial charge < -0.3 is 10.4 Å². The standard InChI is InChI=1S/C21H17ClF3N3O/c22-17-7-8-18(16-9-14(29)5-6-15(16)17)28-20-10-19(26-11-27-20)12-1-3-13(4-2-12)21(23,24)25/h1-4,7-8,10-11,14,29H,5-6,9H2,(H,26,27,28)/t14-/m1/s1. The molecule has 0 unspecified atom stereocenters. The third-order valence-corrected chi connectivity index (χ3v) is 5.33. The molecule has 0 spiro atoms. The number of halogens is 4. The number of fused-ring (bicyclic) bond motifs is 1. The molecule has 1 aromatic heterocycles. The number of aromatic nitrogens is 2. The van der Waals surface area contributed by atoms with E-state index in [9.17, 15) is 18.3 Å². The molecule has 8 heteroatoms. The zero-order chi connectivity index (χ0) is 20.6. The lowest BCUT2D eigenvalue weighted by atomic mass is 9.88. The number of hydrogen-bond donors (Lipinski definition) is 2. The van der Waals surface area contributed by atoms with Gasteiger partial charge in [0.25, 0.3) is 0 Å². The first-order chi connectivity index (χ1) is 13.8. The van der Waals surface area contributed by atoms with Crippen LogP contribution in [0.25, 0.3) is 11.3 Å². The van der Waals surface area contributed by atoms with Gasteiger partial charge in [-0.25, -0.2) is 9.97 Å². The van der Waals surface area contributed by atoms with Gasteiger partial charge in [0.1, 0.15) is 12.1 Å². The topological polar surface area (TPSA) is 58.0 Å². The molecular weight excluding hydrogens is 403 g/mol. The molecule has 0 fully saturated rings. The second-order valence-electron chi connectivity index (χ2n) is 6.94. The first-order valence-corrected chi connectivity index (χ1v) is 9.44. The van der Waals surface area contributed by atoms with E-state index in [1.807, 2.05) is 6.07 Å². The van der Waals surface area contributed by atoms with E-state index in [0.717, 1.165) is 28.9 Å². The first-order valence-electron chi connectivity index (χ1n) is 9.06. The van der Waals surface area contributed by atoms with E-state index < -0.39 is 17.8 Å². The van der Waals surface area contributed by atoms with Crippen molar-refractivity contribution < 1.29 is 18.3 Å². The van der Waals surface area contributed by atoms with Gasteiger partial charge in [-0.3, -0.25) is 0 Å². The van der Waals surface area contributed by atoms with Crippen LogP contribution in [0.15, 0.2) is 48.8 Å². The molecule has 0 amide bonds. The molecule has 3 aromatic rings. The molecule has 1 aliphatic carbocycles. The Morgan fingerprint density at radius 3 is 2.52 bits per heavy atom. The molecule has 0 bridgehead atoms. The van der Waals surface area contributed by atoms with Crippen molar-refractivity contribution >= 4 is 23.1 Å². The molecule has 1 atom stereocenters. The van der Waals surface area contributed by atoms with Crippen LogP contribution in [-0.4, -0.2) is 21.2 Å². The van der Waals surface area contributed by atoms with Crippen LogP contribution in [0.1, 0.15) is 23.1 Å². The second kappa shape index (κ2) is 7.65. The number of hydrogen-bond acceptors (Lipinski definition) is 4. The summed E-state index contributed by atoms with van der Waals surface area (Å²) < 4.78 is 38.3. The van der Waals surface area contributed by atoms with E-state index >= 15 is 0 Å². The fraction of sp³-hybridized carbons (Fsp3) is 0.238. The van der Waals surface area contributed by atoms with Gasteiger partial charge >= 0.3 is 6.18 Å². The fourth-order valence-electron chi connectivity index (χ4n) is 3.49. The highest BCUT2D eigenvalue weighted by Gasteiger charge is 2.30. The van der Waals surface area contributed by atoms with Crippen molar-refractivity contribution in [3.63, 3.8) is 0 Å². The molecule has 2 N–H and O–H groups in total. The van der Waals surface area contributed by atoms with Crippen LogP contribution < -0.4 is 5.32 Å². The first kappa shape index (κ1) is 19.7. The van der Waals surface area contributed by atoms with Crippen molar-refractivity contribution in [2.75, 3.05) is 5.32 Å². The number of benzene rings is 2. The Bertz CT molecular complexity index is 1040. The third-order valence-electron chi connectivity index (χ3n) is 4.98. The smallest absolute Gasteiger partial charge is 0.393 e. The number of rotatable bonds is 3. The Kier molecular flexibility index (Phi) is 5.19. The van der Waals surface area contributed by atoms with Crippen LogP contribution in [0.5, 0.6) is 0 Å². The van der Waals surface area contributed by atoms with Crippen LogP contribution in [0.4, 0.5) is 24.7 Å². The SMILES string of the molecule is O[C@@H]1CCc2c(Cl)ccc(Nc3cc(-c4ccc(C(F)(F)F)cc4)ncn3)c2C1. The summed E-state index contributed by atoms with van der Waals surface area (Å²) in [5.74, 6) is 0.500. The Morgan fingerprint density at radius 2 is 1.79 bits per heavy atom. The summed E-state index contributed by atoms with van der Waals surface area (Å²) in [7, 11) is 0. The minimum Gasteiger partial charge on any atom is -0.393 e. The Labute approximate surface area is 170 Å². The molecule has 150 valence electrons. The maximum Gasteiger partial charge on any atom is 0.416 e. The molecule has 0 radical (unpaired) electrons. The number of anilines is 2. The van der Waals surface area contributed by atoms with Crippen molar-refractivity contribution in [2.24, 2.45) is 0 Å². The van der Waals surface area contributed by atoms with Gasteiger partial charge in [-0.2, -0.15) is 13.2 Å². The zero-order valence-corrected chi connectivity index (χ0v) is 15.9. The minimum absolute atomic E-state index is 0.422. The van der Waals surface area contributed by atoms with Crippen LogP contribution in [0, 0.1) is 0 Å². The highest BCUT2D eigenvalue weighted by atomic mass is 35.5. The van der Waals surface area contributed by atoms with E-state index in [4.69, 9.17) is 11.6 Å². The van der Waals surface area contributed by atoms with E-state index in [1.54, 1.807) is 12.1 Å². The summed E-state index contributed by atoms with van der Waals surface area (Å²) in [6.07, 6.45) is -1.58. The molecule has 1 aliphatic rings. The number of nitrogens with zero attached hydrogens (tertiary/aromatic N) is 2. The third kappa shape index (κ3) is 4.21. The maximum atomic E-state index is 12.8. The second-order valence-corrected chi connectivity index (χ2v) is 7.34. The predicted molar refractivity (Wildman–Crippen MR) is 105 cm³/mol. The predicted octanol–water partition coefficient (Wildman–Crippen LogP) is 5.41. The van der Waals surface area contributed by atoms with E-state index in [2.05, 4.69) is 15.3 Å². The van der Waals surface area contributed by atoms with Gasteiger partial charge in [-0.1, -0.05) is 23.7 Å². The van der Waals surface area contributed by atoms with E-state index in [0.29, 0.717) is 41.4 Å². The number of aliphatic hydroxyl groups excluding tert-OH is 1. The number of aliphatic hydroxyl groups is 1. The molecule has 1 heterocycles. The molecular formula is C21H17ClF3N3O. The summed E-state index contributed by atoms with van der Waals surface area (Å²) in [6, 6.07) is 10.1. The van der Waals surface area contributed by atoms with Crippen molar-refractivity contribution in [2.45, 2.75) is 31.5 Å².